The van der Waals surface area contributed by atoms with Crippen LogP contribution in [0.25, 0.3) is 0 Å². The molecule has 3 unspecified atom stereocenters. The summed E-state index contributed by atoms with van der Waals surface area (Å²) >= 11 is 0. The van der Waals surface area contributed by atoms with Crippen LogP contribution in [0.2, 0.25) is 0 Å². The van der Waals surface area contributed by atoms with Gasteiger partial charge in [-0.3, -0.25) is 9.59 Å². The van der Waals surface area contributed by atoms with Crippen LogP contribution >= 0.6 is 0 Å². The number of rotatable bonds is 3. The van der Waals surface area contributed by atoms with Crippen LogP contribution in [-0.2, 0) is 16.0 Å². The van der Waals surface area contributed by atoms with Crippen molar-refractivity contribution in [2.45, 2.75) is 69.6 Å². The normalized spacial score (nSPS) is 30.0. The zero-order chi connectivity index (χ0) is 18.3. The average molecular weight is 355 g/mol. The number of piperidine rings is 1. The van der Waals surface area contributed by atoms with E-state index in [4.69, 9.17) is 0 Å². The highest BCUT2D eigenvalue weighted by Gasteiger charge is 2.38. The van der Waals surface area contributed by atoms with Crippen molar-refractivity contribution in [1.29, 1.82) is 0 Å². The molecule has 140 valence electrons. The van der Waals surface area contributed by atoms with Gasteiger partial charge < -0.3 is 15.1 Å². The molecule has 2 bridgehead atoms. The molecule has 0 radical (unpaired) electrons. The van der Waals surface area contributed by atoms with Crippen molar-refractivity contribution >= 4 is 11.8 Å². The number of nitrogens with one attached hydrogen (secondary N) is 1. The summed E-state index contributed by atoms with van der Waals surface area (Å²) in [7, 11) is 1.95. The van der Waals surface area contributed by atoms with Gasteiger partial charge in [-0.2, -0.15) is 0 Å². The Bertz CT molecular complexity index is 692. The summed E-state index contributed by atoms with van der Waals surface area (Å²) in [5.41, 5.74) is 2.41. The SMILES string of the molecule is CC(=O)N1CCc2ccccc2C1CC(=O)N(C)C1CC2CCC(C1)N2. The fourth-order valence-electron chi connectivity index (χ4n) is 5.11. The summed E-state index contributed by atoms with van der Waals surface area (Å²) in [6.07, 6.45) is 5.82. The molecule has 0 aromatic heterocycles. The van der Waals surface area contributed by atoms with Crippen LogP contribution in [0, 0.1) is 0 Å². The Balaban J connectivity index is 1.50. The second-order valence-electron chi connectivity index (χ2n) is 8.15. The lowest BCUT2D eigenvalue weighted by Crippen LogP contribution is -2.49. The Kier molecular flexibility index (Phi) is 4.74. The molecule has 1 N–H and O–H groups in total. The highest BCUT2D eigenvalue weighted by atomic mass is 16.2. The Morgan fingerprint density at radius 1 is 1.19 bits per heavy atom. The number of benzene rings is 1. The molecule has 5 nitrogen and oxygen atoms in total. The van der Waals surface area contributed by atoms with Crippen LogP contribution in [0.1, 0.15) is 56.2 Å². The van der Waals surface area contributed by atoms with E-state index in [0.29, 0.717) is 31.1 Å². The van der Waals surface area contributed by atoms with Crippen molar-refractivity contribution in [3.63, 3.8) is 0 Å². The number of fused-ring (bicyclic) bond motifs is 3. The molecule has 26 heavy (non-hydrogen) atoms. The van der Waals surface area contributed by atoms with Crippen molar-refractivity contribution in [1.82, 2.24) is 15.1 Å². The number of hydrogen-bond acceptors (Lipinski definition) is 3. The minimum absolute atomic E-state index is 0.0554. The average Bonchev–Trinajstić information content (AvgIpc) is 2.98. The quantitative estimate of drug-likeness (QED) is 0.905. The maximum absolute atomic E-state index is 13.1. The van der Waals surface area contributed by atoms with Gasteiger partial charge in [-0.1, -0.05) is 24.3 Å². The minimum Gasteiger partial charge on any atom is -0.343 e. The van der Waals surface area contributed by atoms with Gasteiger partial charge in [0.1, 0.15) is 0 Å². The lowest BCUT2D eigenvalue weighted by molar-refractivity contribution is -0.137. The zero-order valence-corrected chi connectivity index (χ0v) is 15.8. The predicted molar refractivity (Wildman–Crippen MR) is 101 cm³/mol. The van der Waals surface area contributed by atoms with E-state index in [9.17, 15) is 9.59 Å². The predicted octanol–water partition coefficient (Wildman–Crippen LogP) is 2.26. The van der Waals surface area contributed by atoms with Gasteiger partial charge in [-0.05, 0) is 43.2 Å². The zero-order valence-electron chi connectivity index (χ0n) is 15.8. The van der Waals surface area contributed by atoms with E-state index in [1.54, 1.807) is 6.92 Å². The molecule has 0 aliphatic carbocycles. The van der Waals surface area contributed by atoms with Crippen LogP contribution in [-0.4, -0.2) is 53.3 Å². The van der Waals surface area contributed by atoms with Gasteiger partial charge in [-0.25, -0.2) is 0 Å². The second-order valence-corrected chi connectivity index (χ2v) is 8.15. The first-order valence-corrected chi connectivity index (χ1v) is 9.89. The van der Waals surface area contributed by atoms with E-state index < -0.39 is 0 Å². The number of amides is 2. The molecule has 1 aromatic rings. The topological polar surface area (TPSA) is 52.7 Å². The monoisotopic (exact) mass is 355 g/mol. The van der Waals surface area contributed by atoms with Gasteiger partial charge in [0.05, 0.1) is 12.5 Å². The summed E-state index contributed by atoms with van der Waals surface area (Å²) < 4.78 is 0. The summed E-state index contributed by atoms with van der Waals surface area (Å²) in [6.45, 7) is 2.31. The molecule has 0 saturated carbocycles. The summed E-state index contributed by atoms with van der Waals surface area (Å²) in [5.74, 6) is 0.212. The van der Waals surface area contributed by atoms with Crippen molar-refractivity contribution in [3.05, 3.63) is 35.4 Å². The number of hydrogen-bond donors (Lipinski definition) is 1. The van der Waals surface area contributed by atoms with E-state index in [1.165, 1.54) is 18.4 Å². The van der Waals surface area contributed by atoms with E-state index in [2.05, 4.69) is 17.4 Å². The summed E-state index contributed by atoms with van der Waals surface area (Å²) in [5, 5.41) is 3.64. The molecule has 2 amide bonds. The highest BCUT2D eigenvalue weighted by Crippen LogP contribution is 2.34. The van der Waals surface area contributed by atoms with Crippen molar-refractivity contribution in [2.75, 3.05) is 13.6 Å². The van der Waals surface area contributed by atoms with Crippen molar-refractivity contribution in [3.8, 4) is 0 Å². The molecule has 4 rings (SSSR count). The molecule has 0 spiro atoms. The first-order chi connectivity index (χ1) is 12.5. The number of carbonyl (C=O) groups excluding carboxylic acids is 2. The second kappa shape index (κ2) is 7.03. The van der Waals surface area contributed by atoms with Crippen LogP contribution in [0.3, 0.4) is 0 Å². The molecule has 3 heterocycles. The summed E-state index contributed by atoms with van der Waals surface area (Å²) in [6, 6.07) is 9.57. The molecule has 3 aliphatic rings. The molecule has 3 aliphatic heterocycles. The molecule has 1 aromatic carbocycles. The van der Waals surface area contributed by atoms with Gasteiger partial charge in [0.2, 0.25) is 11.8 Å². The Morgan fingerprint density at radius 2 is 1.88 bits per heavy atom. The van der Waals surface area contributed by atoms with Crippen LogP contribution in [0.4, 0.5) is 0 Å². The third-order valence-corrected chi connectivity index (χ3v) is 6.57. The fourth-order valence-corrected chi connectivity index (χ4v) is 5.11. The Labute approximate surface area is 155 Å². The van der Waals surface area contributed by atoms with E-state index in [0.717, 1.165) is 24.8 Å². The first kappa shape index (κ1) is 17.5. The maximum atomic E-state index is 13.1. The molecule has 2 saturated heterocycles. The Hall–Kier alpha value is -1.88. The molecular weight excluding hydrogens is 326 g/mol. The van der Waals surface area contributed by atoms with Crippen LogP contribution in [0.5, 0.6) is 0 Å². The molecule has 5 heteroatoms. The van der Waals surface area contributed by atoms with Crippen molar-refractivity contribution < 1.29 is 9.59 Å². The standard InChI is InChI=1S/C21H29N3O2/c1-14(25)24-10-9-15-5-3-4-6-19(15)20(24)13-21(26)23(2)18-11-16-7-8-17(12-18)22-16/h3-6,16-18,20,22H,7-13H2,1-2H3. The van der Waals surface area contributed by atoms with Gasteiger partial charge in [-0.15, -0.1) is 0 Å². The molecular formula is C21H29N3O2. The summed E-state index contributed by atoms with van der Waals surface area (Å²) in [4.78, 5) is 29.1. The van der Waals surface area contributed by atoms with Crippen molar-refractivity contribution in [2.24, 2.45) is 0 Å². The van der Waals surface area contributed by atoms with Gasteiger partial charge in [0.15, 0.2) is 0 Å². The number of carbonyl (C=O) groups is 2. The molecule has 3 atom stereocenters. The number of nitrogens with zero attached hydrogens (tertiary/aromatic N) is 2. The maximum Gasteiger partial charge on any atom is 0.224 e. The van der Waals surface area contributed by atoms with Crippen LogP contribution < -0.4 is 5.32 Å². The third-order valence-electron chi connectivity index (χ3n) is 6.57. The fraction of sp³-hybridized carbons (Fsp3) is 0.619. The lowest BCUT2D eigenvalue weighted by Gasteiger charge is -2.39. The molecule has 2 fully saturated rings. The van der Waals surface area contributed by atoms with E-state index in [1.807, 2.05) is 29.0 Å². The first-order valence-electron chi connectivity index (χ1n) is 9.89. The van der Waals surface area contributed by atoms with Gasteiger partial charge >= 0.3 is 0 Å². The van der Waals surface area contributed by atoms with E-state index in [-0.39, 0.29) is 17.9 Å². The highest BCUT2D eigenvalue weighted by molar-refractivity contribution is 5.80. The lowest BCUT2D eigenvalue weighted by atomic mass is 9.90. The van der Waals surface area contributed by atoms with E-state index >= 15 is 0 Å². The smallest absolute Gasteiger partial charge is 0.224 e. The van der Waals surface area contributed by atoms with Crippen LogP contribution in [0.15, 0.2) is 24.3 Å². The Morgan fingerprint density at radius 3 is 2.58 bits per heavy atom. The van der Waals surface area contributed by atoms with Gasteiger partial charge in [0.25, 0.3) is 0 Å². The largest absolute Gasteiger partial charge is 0.343 e. The van der Waals surface area contributed by atoms with Gasteiger partial charge in [0, 0.05) is 38.6 Å². The third kappa shape index (κ3) is 3.25. The minimum atomic E-state index is -0.133.